The fraction of sp³-hybridized carbons (Fsp3) is 0.188. The van der Waals surface area contributed by atoms with Gasteiger partial charge in [0, 0.05) is 26.1 Å². The summed E-state index contributed by atoms with van der Waals surface area (Å²) >= 11 is 9.31. The van der Waals surface area contributed by atoms with Crippen LogP contribution in [0.1, 0.15) is 18.1 Å². The molecule has 21 heavy (non-hydrogen) atoms. The fourth-order valence-corrected chi connectivity index (χ4v) is 4.01. The van der Waals surface area contributed by atoms with Gasteiger partial charge in [-0.1, -0.05) is 36.7 Å². The summed E-state index contributed by atoms with van der Waals surface area (Å²) < 4.78 is 0. The van der Waals surface area contributed by atoms with Crippen LogP contribution >= 0.6 is 35.1 Å². The zero-order chi connectivity index (χ0) is 15.2. The number of hydrogen-bond donors (Lipinski definition) is 2. The van der Waals surface area contributed by atoms with Gasteiger partial charge in [0.05, 0.1) is 0 Å². The molecule has 2 rings (SSSR count). The topological polar surface area (TPSA) is 49.9 Å². The van der Waals surface area contributed by atoms with E-state index in [1.165, 1.54) is 5.56 Å². The van der Waals surface area contributed by atoms with Crippen molar-refractivity contribution in [2.24, 2.45) is 5.73 Å². The zero-order valence-electron chi connectivity index (χ0n) is 11.7. The Kier molecular flexibility index (Phi) is 6.03. The van der Waals surface area contributed by atoms with Crippen LogP contribution in [0.4, 0.5) is 0 Å². The molecule has 0 unspecified atom stereocenters. The fourth-order valence-electron chi connectivity index (χ4n) is 1.91. The molecular formula is C16H17ClN2S2. The van der Waals surface area contributed by atoms with E-state index in [0.717, 1.165) is 31.9 Å². The van der Waals surface area contributed by atoms with E-state index in [0.29, 0.717) is 0 Å². The molecule has 0 atom stereocenters. The highest BCUT2D eigenvalue weighted by Gasteiger charge is 2.12. The Morgan fingerprint density at radius 2 is 1.71 bits per heavy atom. The Labute approximate surface area is 139 Å². The predicted molar refractivity (Wildman–Crippen MR) is 94.9 cm³/mol. The number of hydrogen-bond acceptors (Lipinski definition) is 3. The second kappa shape index (κ2) is 7.78. The van der Waals surface area contributed by atoms with Crippen molar-refractivity contribution < 1.29 is 0 Å². The highest BCUT2D eigenvalue weighted by molar-refractivity contribution is 7.99. The minimum atomic E-state index is 0.130. The summed E-state index contributed by atoms with van der Waals surface area (Å²) in [4.78, 5) is 2.13. The number of nitrogens with one attached hydrogen (secondary N) is 1. The molecule has 5 heteroatoms. The minimum Gasteiger partial charge on any atom is -0.384 e. The Balaban J connectivity index is 2.21. The summed E-state index contributed by atoms with van der Waals surface area (Å²) in [7, 11) is 0. The molecule has 0 aliphatic heterocycles. The van der Waals surface area contributed by atoms with Gasteiger partial charge in [-0.15, -0.1) is 23.5 Å². The first-order valence-corrected chi connectivity index (χ1v) is 8.94. The van der Waals surface area contributed by atoms with E-state index in [2.05, 4.69) is 6.92 Å². The molecule has 0 saturated heterocycles. The third-order valence-electron chi connectivity index (χ3n) is 2.86. The van der Waals surface area contributed by atoms with Crippen molar-refractivity contribution in [3.63, 3.8) is 0 Å². The van der Waals surface area contributed by atoms with Crippen molar-refractivity contribution >= 4 is 41.0 Å². The van der Waals surface area contributed by atoms with Crippen LogP contribution in [0.25, 0.3) is 0 Å². The molecule has 0 radical (unpaired) electrons. The van der Waals surface area contributed by atoms with Gasteiger partial charge in [-0.3, -0.25) is 5.41 Å². The standard InChI is InChI=1S/C16H17ClN2S2/c1-2-20-13-4-3-5-14(15(13)16(18)19)21-10-11-6-8-12(17)9-7-11/h3-9H,2,10H2,1H3,(H3,18,19). The Morgan fingerprint density at radius 1 is 1.10 bits per heavy atom. The molecule has 3 N–H and O–H groups in total. The van der Waals surface area contributed by atoms with E-state index in [1.54, 1.807) is 23.5 Å². The van der Waals surface area contributed by atoms with Crippen LogP contribution in [0.5, 0.6) is 0 Å². The first-order chi connectivity index (χ1) is 10.1. The maximum absolute atomic E-state index is 7.84. The number of halogens is 1. The maximum atomic E-state index is 7.84. The first-order valence-electron chi connectivity index (χ1n) is 6.59. The van der Waals surface area contributed by atoms with Crippen molar-refractivity contribution in [1.29, 1.82) is 5.41 Å². The van der Waals surface area contributed by atoms with E-state index >= 15 is 0 Å². The van der Waals surface area contributed by atoms with E-state index in [-0.39, 0.29) is 5.84 Å². The van der Waals surface area contributed by atoms with Crippen LogP contribution in [0.2, 0.25) is 5.02 Å². The minimum absolute atomic E-state index is 0.130. The normalized spacial score (nSPS) is 10.6. The van der Waals surface area contributed by atoms with Gasteiger partial charge in [0.2, 0.25) is 0 Å². The molecule has 0 aliphatic rings. The average Bonchev–Trinajstić information content (AvgIpc) is 2.47. The van der Waals surface area contributed by atoms with Crippen LogP contribution in [0, 0.1) is 5.41 Å². The molecule has 0 aliphatic carbocycles. The van der Waals surface area contributed by atoms with Crippen LogP contribution in [-0.2, 0) is 5.75 Å². The summed E-state index contributed by atoms with van der Waals surface area (Å²) in [5.41, 5.74) is 7.83. The van der Waals surface area contributed by atoms with Crippen molar-refractivity contribution in [3.8, 4) is 0 Å². The number of nitrogens with two attached hydrogens (primary N) is 1. The van der Waals surface area contributed by atoms with Gasteiger partial charge in [-0.05, 0) is 35.6 Å². The lowest BCUT2D eigenvalue weighted by Crippen LogP contribution is -2.13. The molecule has 0 fully saturated rings. The van der Waals surface area contributed by atoms with Gasteiger partial charge in [-0.25, -0.2) is 0 Å². The smallest absolute Gasteiger partial charge is 0.125 e. The molecule has 2 aromatic rings. The molecule has 0 saturated carbocycles. The second-order valence-electron chi connectivity index (χ2n) is 4.39. The Morgan fingerprint density at radius 3 is 2.29 bits per heavy atom. The SMILES string of the molecule is CCSc1cccc(SCc2ccc(Cl)cc2)c1C(=N)N. The lowest BCUT2D eigenvalue weighted by atomic mass is 10.2. The first kappa shape index (κ1) is 16.3. The number of amidine groups is 1. The summed E-state index contributed by atoms with van der Waals surface area (Å²) in [5.74, 6) is 1.92. The predicted octanol–water partition coefficient (Wildman–Crippen LogP) is 5.03. The van der Waals surface area contributed by atoms with E-state index in [9.17, 15) is 0 Å². The van der Waals surface area contributed by atoms with Gasteiger partial charge in [0.1, 0.15) is 5.84 Å². The van der Waals surface area contributed by atoms with E-state index < -0.39 is 0 Å². The monoisotopic (exact) mass is 336 g/mol. The van der Waals surface area contributed by atoms with Gasteiger partial charge in [0.15, 0.2) is 0 Å². The number of rotatable bonds is 6. The summed E-state index contributed by atoms with van der Waals surface area (Å²) in [6.45, 7) is 2.10. The summed E-state index contributed by atoms with van der Waals surface area (Å²) in [6.07, 6.45) is 0. The molecule has 2 aromatic carbocycles. The van der Waals surface area contributed by atoms with Crippen LogP contribution in [0.3, 0.4) is 0 Å². The van der Waals surface area contributed by atoms with Crippen molar-refractivity contribution in [3.05, 3.63) is 58.6 Å². The van der Waals surface area contributed by atoms with Crippen LogP contribution in [-0.4, -0.2) is 11.6 Å². The molecular weight excluding hydrogens is 320 g/mol. The molecule has 0 bridgehead atoms. The molecule has 0 aromatic heterocycles. The van der Waals surface area contributed by atoms with Gasteiger partial charge in [0.25, 0.3) is 0 Å². The van der Waals surface area contributed by atoms with Gasteiger partial charge >= 0.3 is 0 Å². The molecule has 0 amide bonds. The van der Waals surface area contributed by atoms with Crippen molar-refractivity contribution in [1.82, 2.24) is 0 Å². The third kappa shape index (κ3) is 4.43. The highest BCUT2D eigenvalue weighted by Crippen LogP contribution is 2.32. The summed E-state index contributed by atoms with van der Waals surface area (Å²) in [5, 5.41) is 8.59. The summed E-state index contributed by atoms with van der Waals surface area (Å²) in [6, 6.07) is 13.9. The van der Waals surface area contributed by atoms with Gasteiger partial charge < -0.3 is 5.73 Å². The number of nitrogen functional groups attached to an aromatic ring is 1. The lowest BCUT2D eigenvalue weighted by molar-refractivity contribution is 1.24. The maximum Gasteiger partial charge on any atom is 0.125 e. The number of thioether (sulfide) groups is 2. The molecule has 110 valence electrons. The quantitative estimate of drug-likeness (QED) is 0.442. The van der Waals surface area contributed by atoms with Crippen LogP contribution in [0.15, 0.2) is 52.3 Å². The molecule has 2 nitrogen and oxygen atoms in total. The largest absolute Gasteiger partial charge is 0.384 e. The average molecular weight is 337 g/mol. The lowest BCUT2D eigenvalue weighted by Gasteiger charge is -2.12. The molecule has 0 spiro atoms. The van der Waals surface area contributed by atoms with Crippen molar-refractivity contribution in [2.75, 3.05) is 5.75 Å². The van der Waals surface area contributed by atoms with E-state index in [1.807, 2.05) is 42.5 Å². The van der Waals surface area contributed by atoms with Crippen molar-refractivity contribution in [2.45, 2.75) is 22.5 Å². The van der Waals surface area contributed by atoms with Gasteiger partial charge in [-0.2, -0.15) is 0 Å². The Hall–Kier alpha value is -1.10. The Bertz CT molecular complexity index is 627. The third-order valence-corrected chi connectivity index (χ3v) is 5.19. The highest BCUT2D eigenvalue weighted by atomic mass is 35.5. The van der Waals surface area contributed by atoms with E-state index in [4.69, 9.17) is 22.7 Å². The second-order valence-corrected chi connectivity index (χ2v) is 7.15. The number of benzene rings is 2. The van der Waals surface area contributed by atoms with Crippen LogP contribution < -0.4 is 5.73 Å². The zero-order valence-corrected chi connectivity index (χ0v) is 14.1. The molecule has 0 heterocycles.